The van der Waals surface area contributed by atoms with E-state index in [9.17, 15) is 4.39 Å². The lowest BCUT2D eigenvalue weighted by molar-refractivity contribution is 0.629. The molecule has 2 aromatic heterocycles. The minimum Gasteiger partial charge on any atom is -0.370 e. The highest BCUT2D eigenvalue weighted by molar-refractivity contribution is 7.15. The van der Waals surface area contributed by atoms with Crippen LogP contribution in [-0.2, 0) is 0 Å². The molecule has 0 atom stereocenters. The van der Waals surface area contributed by atoms with Crippen molar-refractivity contribution in [3.63, 3.8) is 0 Å². The van der Waals surface area contributed by atoms with Gasteiger partial charge in [0.25, 0.3) is 0 Å². The summed E-state index contributed by atoms with van der Waals surface area (Å²) in [5, 5.41) is 4.86. The zero-order valence-electron chi connectivity index (χ0n) is 12.1. The molecule has 0 aliphatic heterocycles. The Bertz CT molecular complexity index is 813. The minimum absolute atomic E-state index is 0.289. The SMILES string of the molecule is CCNc1nc(-c2sc(C)nc2C)nc2ccc(F)cc12. The number of hydrogen-bond acceptors (Lipinski definition) is 5. The fourth-order valence-electron chi connectivity index (χ4n) is 2.24. The van der Waals surface area contributed by atoms with E-state index >= 15 is 0 Å². The molecule has 0 aliphatic rings. The molecule has 3 aromatic rings. The number of anilines is 1. The number of aryl methyl sites for hydroxylation is 2. The van der Waals surface area contributed by atoms with Crippen molar-refractivity contribution in [2.45, 2.75) is 20.8 Å². The molecule has 21 heavy (non-hydrogen) atoms. The van der Waals surface area contributed by atoms with Crippen molar-refractivity contribution in [2.75, 3.05) is 11.9 Å². The second-order valence-electron chi connectivity index (χ2n) is 4.74. The number of halogens is 1. The van der Waals surface area contributed by atoms with Gasteiger partial charge in [-0.2, -0.15) is 0 Å². The largest absolute Gasteiger partial charge is 0.370 e. The molecule has 2 heterocycles. The summed E-state index contributed by atoms with van der Waals surface area (Å²) in [6.07, 6.45) is 0. The Kier molecular flexibility index (Phi) is 3.55. The summed E-state index contributed by atoms with van der Waals surface area (Å²) in [6.45, 7) is 6.60. The predicted molar refractivity (Wildman–Crippen MR) is 84.2 cm³/mol. The van der Waals surface area contributed by atoms with Gasteiger partial charge >= 0.3 is 0 Å². The van der Waals surface area contributed by atoms with Crippen LogP contribution in [0.4, 0.5) is 10.2 Å². The van der Waals surface area contributed by atoms with E-state index in [-0.39, 0.29) is 5.82 Å². The van der Waals surface area contributed by atoms with E-state index in [2.05, 4.69) is 20.3 Å². The molecular weight excluding hydrogens is 287 g/mol. The van der Waals surface area contributed by atoms with E-state index in [4.69, 9.17) is 0 Å². The molecule has 0 unspecified atom stereocenters. The van der Waals surface area contributed by atoms with Gasteiger partial charge in [-0.15, -0.1) is 11.3 Å². The molecule has 6 heteroatoms. The van der Waals surface area contributed by atoms with Gasteiger partial charge in [-0.3, -0.25) is 0 Å². The van der Waals surface area contributed by atoms with Crippen molar-refractivity contribution < 1.29 is 4.39 Å². The van der Waals surface area contributed by atoms with Crippen LogP contribution in [0.2, 0.25) is 0 Å². The monoisotopic (exact) mass is 302 g/mol. The van der Waals surface area contributed by atoms with Gasteiger partial charge in [0.05, 0.1) is 21.1 Å². The molecule has 108 valence electrons. The number of nitrogens with zero attached hydrogens (tertiary/aromatic N) is 3. The molecule has 0 bridgehead atoms. The Morgan fingerprint density at radius 3 is 2.67 bits per heavy atom. The zero-order chi connectivity index (χ0) is 15.0. The second kappa shape index (κ2) is 5.37. The average Bonchev–Trinajstić information content (AvgIpc) is 2.78. The molecule has 0 fully saturated rings. The van der Waals surface area contributed by atoms with Crippen LogP contribution in [0, 0.1) is 19.7 Å². The Morgan fingerprint density at radius 1 is 1.19 bits per heavy atom. The van der Waals surface area contributed by atoms with Crippen molar-refractivity contribution in [2.24, 2.45) is 0 Å². The lowest BCUT2D eigenvalue weighted by Crippen LogP contribution is -2.03. The second-order valence-corrected chi connectivity index (χ2v) is 5.94. The lowest BCUT2D eigenvalue weighted by Gasteiger charge is -2.09. The van der Waals surface area contributed by atoms with E-state index in [0.29, 0.717) is 23.6 Å². The van der Waals surface area contributed by atoms with Gasteiger partial charge in [-0.25, -0.2) is 19.3 Å². The number of benzene rings is 1. The van der Waals surface area contributed by atoms with Gasteiger partial charge in [0.2, 0.25) is 0 Å². The first-order valence-electron chi connectivity index (χ1n) is 6.74. The van der Waals surface area contributed by atoms with Crippen LogP contribution in [-0.4, -0.2) is 21.5 Å². The van der Waals surface area contributed by atoms with E-state index < -0.39 is 0 Å². The maximum atomic E-state index is 13.5. The highest BCUT2D eigenvalue weighted by Crippen LogP contribution is 2.30. The summed E-state index contributed by atoms with van der Waals surface area (Å²) in [5.41, 5.74) is 1.64. The van der Waals surface area contributed by atoms with Crippen LogP contribution in [0.25, 0.3) is 21.6 Å². The number of nitrogens with one attached hydrogen (secondary N) is 1. The summed E-state index contributed by atoms with van der Waals surface area (Å²) < 4.78 is 13.5. The average molecular weight is 302 g/mol. The molecule has 0 spiro atoms. The zero-order valence-corrected chi connectivity index (χ0v) is 12.9. The van der Waals surface area contributed by atoms with Crippen molar-refractivity contribution in [3.8, 4) is 10.7 Å². The first-order valence-corrected chi connectivity index (χ1v) is 7.55. The van der Waals surface area contributed by atoms with E-state index in [1.807, 2.05) is 20.8 Å². The Balaban J connectivity index is 2.25. The third-order valence-corrected chi connectivity index (χ3v) is 4.18. The molecule has 0 aliphatic carbocycles. The van der Waals surface area contributed by atoms with Gasteiger partial charge in [-0.05, 0) is 39.0 Å². The fraction of sp³-hybridized carbons (Fsp3) is 0.267. The molecule has 0 radical (unpaired) electrons. The van der Waals surface area contributed by atoms with Crippen molar-refractivity contribution in [1.82, 2.24) is 15.0 Å². The van der Waals surface area contributed by atoms with E-state index in [1.165, 1.54) is 12.1 Å². The molecule has 3 rings (SSSR count). The summed E-state index contributed by atoms with van der Waals surface area (Å²) in [5.74, 6) is 0.999. The lowest BCUT2D eigenvalue weighted by atomic mass is 10.2. The molecular formula is C15H15FN4S. The molecule has 0 amide bonds. The number of hydrogen-bond donors (Lipinski definition) is 1. The molecule has 1 N–H and O–H groups in total. The minimum atomic E-state index is -0.289. The third-order valence-electron chi connectivity index (χ3n) is 3.11. The Hall–Kier alpha value is -2.08. The summed E-state index contributed by atoms with van der Waals surface area (Å²) in [4.78, 5) is 14.5. The quantitative estimate of drug-likeness (QED) is 0.796. The van der Waals surface area contributed by atoms with Gasteiger partial charge in [0.15, 0.2) is 5.82 Å². The van der Waals surface area contributed by atoms with Crippen molar-refractivity contribution >= 4 is 28.1 Å². The smallest absolute Gasteiger partial charge is 0.174 e. The van der Waals surface area contributed by atoms with Crippen LogP contribution >= 0.6 is 11.3 Å². The van der Waals surface area contributed by atoms with Crippen LogP contribution in [0.3, 0.4) is 0 Å². The van der Waals surface area contributed by atoms with Crippen LogP contribution in [0.1, 0.15) is 17.6 Å². The van der Waals surface area contributed by atoms with Crippen LogP contribution in [0.15, 0.2) is 18.2 Å². The van der Waals surface area contributed by atoms with Gasteiger partial charge < -0.3 is 5.32 Å². The van der Waals surface area contributed by atoms with Gasteiger partial charge in [0, 0.05) is 11.9 Å². The fourth-order valence-corrected chi connectivity index (χ4v) is 3.10. The number of rotatable bonds is 3. The maximum absolute atomic E-state index is 13.5. The molecule has 1 aromatic carbocycles. The van der Waals surface area contributed by atoms with E-state index in [1.54, 1.807) is 17.4 Å². The normalized spacial score (nSPS) is 11.0. The highest BCUT2D eigenvalue weighted by atomic mass is 32.1. The standard InChI is InChI=1S/C15H15FN4S/c1-4-17-14-11-7-10(16)5-6-12(11)19-15(20-14)13-8(2)18-9(3)21-13/h5-7H,4H2,1-3H3,(H,17,19,20). The summed E-state index contributed by atoms with van der Waals surface area (Å²) in [6, 6.07) is 4.56. The Morgan fingerprint density at radius 2 is 2.00 bits per heavy atom. The highest BCUT2D eigenvalue weighted by Gasteiger charge is 2.14. The van der Waals surface area contributed by atoms with Crippen molar-refractivity contribution in [1.29, 1.82) is 0 Å². The first-order chi connectivity index (χ1) is 10.1. The number of aromatic nitrogens is 3. The van der Waals surface area contributed by atoms with Crippen molar-refractivity contribution in [3.05, 3.63) is 34.7 Å². The topological polar surface area (TPSA) is 50.7 Å². The number of fused-ring (bicyclic) bond motifs is 1. The van der Waals surface area contributed by atoms with E-state index in [0.717, 1.165) is 21.1 Å². The summed E-state index contributed by atoms with van der Waals surface area (Å²) >= 11 is 1.57. The van der Waals surface area contributed by atoms with Gasteiger partial charge in [-0.1, -0.05) is 0 Å². The maximum Gasteiger partial charge on any atom is 0.174 e. The third kappa shape index (κ3) is 2.58. The molecule has 0 saturated heterocycles. The number of thiazole rings is 1. The predicted octanol–water partition coefficient (Wildman–Crippen LogP) is 3.94. The van der Waals surface area contributed by atoms with Gasteiger partial charge in [0.1, 0.15) is 11.6 Å². The molecule has 0 saturated carbocycles. The Labute approximate surface area is 126 Å². The summed E-state index contributed by atoms with van der Waals surface area (Å²) in [7, 11) is 0. The van der Waals surface area contributed by atoms with Crippen LogP contribution in [0.5, 0.6) is 0 Å². The molecule has 4 nitrogen and oxygen atoms in total. The van der Waals surface area contributed by atoms with Crippen LogP contribution < -0.4 is 5.32 Å². The first kappa shape index (κ1) is 13.9.